The first-order chi connectivity index (χ1) is 16.1. The number of benzene rings is 2. The van der Waals surface area contributed by atoms with Crippen LogP contribution in [-0.4, -0.2) is 37.8 Å². The van der Waals surface area contributed by atoms with Gasteiger partial charge in [-0.2, -0.15) is 13.2 Å². The van der Waals surface area contributed by atoms with E-state index in [0.717, 1.165) is 13.0 Å². The van der Waals surface area contributed by atoms with E-state index in [1.54, 1.807) is 24.3 Å². The van der Waals surface area contributed by atoms with Crippen LogP contribution in [0.15, 0.2) is 48.5 Å². The number of aryl methyl sites for hydroxylation is 2. The van der Waals surface area contributed by atoms with Crippen LogP contribution in [0.4, 0.5) is 39.5 Å². The maximum Gasteiger partial charge on any atom is 0.573 e. The molecule has 2 rings (SSSR count). The molecule has 0 saturated heterocycles. The zero-order valence-electron chi connectivity index (χ0n) is 18.2. The predicted molar refractivity (Wildman–Crippen MR) is 107 cm³/mol. The molecule has 4 nitrogen and oxygen atoms in total. The van der Waals surface area contributed by atoms with Gasteiger partial charge in [-0.25, -0.2) is 5.32 Å². The van der Waals surface area contributed by atoms with E-state index >= 15 is 0 Å². The van der Waals surface area contributed by atoms with Gasteiger partial charge in [0.1, 0.15) is 24.2 Å². The molecule has 1 N–H and O–H groups in total. The van der Waals surface area contributed by atoms with Gasteiger partial charge in [0, 0.05) is 6.04 Å². The molecule has 0 heterocycles. The summed E-state index contributed by atoms with van der Waals surface area (Å²) < 4.78 is 126. The highest BCUT2D eigenvalue weighted by atomic mass is 19.4. The van der Waals surface area contributed by atoms with Crippen molar-refractivity contribution in [2.75, 3.05) is 6.61 Å². The van der Waals surface area contributed by atoms with Crippen LogP contribution in [0.5, 0.6) is 11.5 Å². The number of ether oxygens (including phenoxy) is 3. The van der Waals surface area contributed by atoms with Crippen molar-refractivity contribution in [2.24, 2.45) is 0 Å². The molecule has 196 valence electrons. The van der Waals surface area contributed by atoms with E-state index in [9.17, 15) is 39.5 Å². The van der Waals surface area contributed by atoms with E-state index in [1.807, 2.05) is 0 Å². The molecule has 0 aliphatic rings. The molecular formula is C22H22F9NO3. The molecule has 2 unspecified atom stereocenters. The van der Waals surface area contributed by atoms with Crippen molar-refractivity contribution in [3.8, 4) is 11.5 Å². The second-order valence-corrected chi connectivity index (χ2v) is 7.58. The molecule has 2 aromatic rings. The quantitative estimate of drug-likeness (QED) is 0.270. The summed E-state index contributed by atoms with van der Waals surface area (Å²) >= 11 is 0. The maximum absolute atomic E-state index is 12.7. The summed E-state index contributed by atoms with van der Waals surface area (Å²) in [6.07, 6.45) is -16.6. The van der Waals surface area contributed by atoms with Crippen molar-refractivity contribution >= 4 is 0 Å². The Morgan fingerprint density at radius 1 is 0.829 bits per heavy atom. The monoisotopic (exact) mass is 519 g/mol. The van der Waals surface area contributed by atoms with Crippen molar-refractivity contribution < 1.29 is 53.7 Å². The zero-order valence-corrected chi connectivity index (χ0v) is 18.2. The highest BCUT2D eigenvalue weighted by Crippen LogP contribution is 2.27. The summed E-state index contributed by atoms with van der Waals surface area (Å²) in [5, 5.41) is 1.22. The minimum Gasteiger partial charge on any atom is -0.491 e. The highest BCUT2D eigenvalue weighted by molar-refractivity contribution is 5.35. The van der Waals surface area contributed by atoms with Crippen molar-refractivity contribution in [1.82, 2.24) is 5.32 Å². The van der Waals surface area contributed by atoms with Crippen LogP contribution in [0.25, 0.3) is 0 Å². The Balaban J connectivity index is 2.05. The first kappa shape index (κ1) is 28.6. The highest BCUT2D eigenvalue weighted by Gasteiger charge is 2.36. The molecule has 13 heteroatoms. The number of rotatable bonds is 11. The van der Waals surface area contributed by atoms with E-state index < -0.39 is 49.9 Å². The Hall–Kier alpha value is -2.67. The summed E-state index contributed by atoms with van der Waals surface area (Å²) in [6, 6.07) is 10.2. The third-order valence-electron chi connectivity index (χ3n) is 4.54. The van der Waals surface area contributed by atoms with E-state index in [0.29, 0.717) is 11.1 Å². The van der Waals surface area contributed by atoms with Crippen LogP contribution in [0.2, 0.25) is 0 Å². The minimum absolute atomic E-state index is 0.169. The molecule has 0 radical (unpaired) electrons. The van der Waals surface area contributed by atoms with Crippen molar-refractivity contribution in [2.45, 2.75) is 57.4 Å². The average Bonchev–Trinajstić information content (AvgIpc) is 2.67. The number of para-hydroxylation sites is 1. The van der Waals surface area contributed by atoms with E-state index in [4.69, 9.17) is 4.74 Å². The lowest BCUT2D eigenvalue weighted by molar-refractivity contribution is -0.346. The van der Waals surface area contributed by atoms with Crippen LogP contribution >= 0.6 is 0 Å². The first-order valence-electron chi connectivity index (χ1n) is 10.2. The largest absolute Gasteiger partial charge is 0.573 e. The Labute approximate surface area is 195 Å². The van der Waals surface area contributed by atoms with Gasteiger partial charge in [-0.1, -0.05) is 30.3 Å². The molecule has 0 amide bonds. The fraction of sp³-hybridized carbons (Fsp3) is 0.455. The van der Waals surface area contributed by atoms with Crippen molar-refractivity contribution in [3.05, 3.63) is 59.7 Å². The van der Waals surface area contributed by atoms with Crippen LogP contribution in [0, 0.1) is 0 Å². The van der Waals surface area contributed by atoms with Gasteiger partial charge in [0.2, 0.25) is 0 Å². The third-order valence-corrected chi connectivity index (χ3v) is 4.54. The Morgan fingerprint density at radius 3 is 2.14 bits per heavy atom. The van der Waals surface area contributed by atoms with Gasteiger partial charge in [0.15, 0.2) is 0 Å². The molecule has 0 spiro atoms. The topological polar surface area (TPSA) is 39.7 Å². The van der Waals surface area contributed by atoms with E-state index in [2.05, 4.69) is 9.47 Å². The fourth-order valence-electron chi connectivity index (χ4n) is 3.28. The van der Waals surface area contributed by atoms with Gasteiger partial charge in [-0.15, -0.1) is 26.3 Å². The van der Waals surface area contributed by atoms with Gasteiger partial charge in [0.25, 0.3) is 0 Å². The summed E-state index contributed by atoms with van der Waals surface area (Å²) in [5.41, 5.74) is 1.04. The summed E-state index contributed by atoms with van der Waals surface area (Å²) in [7, 11) is 0. The first-order valence-corrected chi connectivity index (χ1v) is 10.2. The molecule has 0 aliphatic heterocycles. The molecule has 2 atom stereocenters. The molecule has 0 bridgehead atoms. The number of hydrogen-bond donors (Lipinski definition) is 1. The van der Waals surface area contributed by atoms with Crippen LogP contribution in [-0.2, 0) is 17.6 Å². The normalized spacial score (nSPS) is 14.5. The van der Waals surface area contributed by atoms with Gasteiger partial charge in [0.05, 0.1) is 0 Å². The van der Waals surface area contributed by atoms with Crippen LogP contribution in [0.1, 0.15) is 24.5 Å². The lowest BCUT2D eigenvalue weighted by Gasteiger charge is -2.24. The molecule has 0 saturated carbocycles. The molecular weight excluding hydrogens is 497 g/mol. The molecule has 2 aromatic carbocycles. The number of hydrogen-bond acceptors (Lipinski definition) is 4. The minimum atomic E-state index is -5.09. The number of halogens is 9. The Kier molecular flexibility index (Phi) is 9.67. The van der Waals surface area contributed by atoms with E-state index in [1.165, 1.54) is 23.5 Å². The van der Waals surface area contributed by atoms with Gasteiger partial charge in [-0.05, 0) is 55.5 Å². The summed E-state index contributed by atoms with van der Waals surface area (Å²) in [6.45, 7) is 0.375. The number of nitrogens with one attached hydrogen (secondary N) is 1. The Bertz CT molecular complexity index is 929. The standard InChI is InChI=1S/C22H22F9NO3/c1-14(32-20(23,24)25)11-18(35-22(29,30)31)13-33-19-8-3-2-6-16(19)10-9-15-5-4-7-17(12-15)34-21(26,27)28/h2-8,12,14,18,32H,9-11,13H2,1H3. The predicted octanol–water partition coefficient (Wildman–Crippen LogP) is 6.54. The SMILES string of the molecule is CC(CC(COc1ccccc1CCc1cccc(OC(F)(F)F)c1)OC(F)(F)F)NC(F)(F)F. The molecule has 35 heavy (non-hydrogen) atoms. The lowest BCUT2D eigenvalue weighted by Crippen LogP contribution is -2.43. The summed E-state index contributed by atoms with van der Waals surface area (Å²) in [5.74, 6) is -0.226. The van der Waals surface area contributed by atoms with Gasteiger partial charge in [-0.3, -0.25) is 4.74 Å². The third kappa shape index (κ3) is 12.0. The van der Waals surface area contributed by atoms with Gasteiger partial charge < -0.3 is 9.47 Å². The maximum atomic E-state index is 12.7. The van der Waals surface area contributed by atoms with Gasteiger partial charge >= 0.3 is 19.0 Å². The zero-order chi connectivity index (χ0) is 26.3. The Morgan fingerprint density at radius 2 is 1.51 bits per heavy atom. The molecule has 0 aromatic heterocycles. The second-order valence-electron chi connectivity index (χ2n) is 7.58. The lowest BCUT2D eigenvalue weighted by atomic mass is 10.0. The average molecular weight is 519 g/mol. The summed E-state index contributed by atoms with van der Waals surface area (Å²) in [4.78, 5) is 0. The smallest absolute Gasteiger partial charge is 0.491 e. The van der Waals surface area contributed by atoms with E-state index in [-0.39, 0.29) is 18.6 Å². The number of alkyl halides is 9. The molecule has 0 aliphatic carbocycles. The molecule has 0 fully saturated rings. The van der Waals surface area contributed by atoms with Crippen molar-refractivity contribution in [1.29, 1.82) is 0 Å². The second kappa shape index (κ2) is 11.8. The fourth-order valence-corrected chi connectivity index (χ4v) is 3.28. The van der Waals surface area contributed by atoms with Crippen LogP contribution in [0.3, 0.4) is 0 Å². The van der Waals surface area contributed by atoms with Crippen LogP contribution < -0.4 is 14.8 Å². The van der Waals surface area contributed by atoms with Crippen molar-refractivity contribution in [3.63, 3.8) is 0 Å².